The van der Waals surface area contributed by atoms with Crippen LogP contribution in [0.3, 0.4) is 0 Å². The first kappa shape index (κ1) is 16.3. The summed E-state index contributed by atoms with van der Waals surface area (Å²) in [5.41, 5.74) is 0.958. The van der Waals surface area contributed by atoms with Crippen LogP contribution in [0.1, 0.15) is 18.4 Å². The summed E-state index contributed by atoms with van der Waals surface area (Å²) < 4.78 is 25.3. The Morgan fingerprint density at radius 3 is 2.27 bits per heavy atom. The third kappa shape index (κ3) is 3.22. The molecule has 7 nitrogen and oxygen atoms in total. The summed E-state index contributed by atoms with van der Waals surface area (Å²) in [7, 11) is -3.75. The molecule has 0 atom stereocenters. The first-order chi connectivity index (χ1) is 10.4. The van der Waals surface area contributed by atoms with Crippen molar-refractivity contribution < 1.29 is 18.3 Å². The Morgan fingerprint density at radius 2 is 1.82 bits per heavy atom. The Morgan fingerprint density at radius 1 is 1.27 bits per heavy atom. The first-order valence-electron chi connectivity index (χ1n) is 6.93. The van der Waals surface area contributed by atoms with Gasteiger partial charge in [0.15, 0.2) is 5.04 Å². The molecule has 0 aromatic heterocycles. The van der Waals surface area contributed by atoms with E-state index in [1.807, 2.05) is 6.92 Å². The third-order valence-corrected chi connectivity index (χ3v) is 5.73. The molecule has 1 saturated heterocycles. The lowest BCUT2D eigenvalue weighted by Crippen LogP contribution is -2.41. The second kappa shape index (κ2) is 6.35. The zero-order chi connectivity index (χ0) is 16.3. The van der Waals surface area contributed by atoms with Crippen molar-refractivity contribution >= 4 is 21.0 Å². The van der Waals surface area contributed by atoms with E-state index in [9.17, 15) is 13.2 Å². The van der Waals surface area contributed by atoms with Crippen LogP contribution in [0.5, 0.6) is 0 Å². The van der Waals surface area contributed by atoms with Gasteiger partial charge in [0.1, 0.15) is 0 Å². The molecule has 0 aliphatic carbocycles. The topological polar surface area (TPSA) is 113 Å². The number of amides is 1. The van der Waals surface area contributed by atoms with Crippen LogP contribution in [0, 0.1) is 12.8 Å². The molecule has 120 valence electrons. The number of hydrogen-bond acceptors (Lipinski definition) is 5. The Hall–Kier alpha value is -2.09. The lowest BCUT2D eigenvalue weighted by atomic mass is 9.98. The van der Waals surface area contributed by atoms with E-state index < -0.39 is 15.9 Å². The van der Waals surface area contributed by atoms with Gasteiger partial charge in [0.2, 0.25) is 9.84 Å². The minimum Gasteiger partial charge on any atom is -0.465 e. The van der Waals surface area contributed by atoms with E-state index in [1.165, 1.54) is 17.0 Å². The van der Waals surface area contributed by atoms with Gasteiger partial charge in [-0.1, -0.05) is 17.7 Å². The van der Waals surface area contributed by atoms with Gasteiger partial charge >= 0.3 is 6.09 Å². The summed E-state index contributed by atoms with van der Waals surface area (Å²) in [6, 6.07) is 6.49. The molecule has 1 aromatic carbocycles. The SMILES string of the molecule is Cc1ccc(S(=O)(=O)/C(=N/N)C2CCN(C(=O)O)CC2)cc1. The van der Waals surface area contributed by atoms with E-state index in [2.05, 4.69) is 5.10 Å². The minimum absolute atomic E-state index is 0.0682. The largest absolute Gasteiger partial charge is 0.465 e. The van der Waals surface area contributed by atoms with Gasteiger partial charge in [-0.25, -0.2) is 13.2 Å². The molecule has 2 rings (SSSR count). The van der Waals surface area contributed by atoms with Crippen LogP contribution in [0.4, 0.5) is 4.79 Å². The minimum atomic E-state index is -3.75. The number of carboxylic acid groups (broad SMARTS) is 1. The number of hydrazone groups is 1. The maximum absolute atomic E-state index is 12.6. The fourth-order valence-electron chi connectivity index (χ4n) is 2.55. The van der Waals surface area contributed by atoms with Crippen molar-refractivity contribution in [1.82, 2.24) is 4.90 Å². The highest BCUT2D eigenvalue weighted by Gasteiger charge is 2.33. The Bertz CT molecular complexity index is 675. The number of sulfone groups is 1. The lowest BCUT2D eigenvalue weighted by Gasteiger charge is -2.30. The Balaban J connectivity index is 2.22. The van der Waals surface area contributed by atoms with E-state index >= 15 is 0 Å². The van der Waals surface area contributed by atoms with Gasteiger partial charge < -0.3 is 15.8 Å². The molecule has 1 aliphatic rings. The monoisotopic (exact) mass is 325 g/mol. The molecule has 8 heteroatoms. The highest BCUT2D eigenvalue weighted by molar-refractivity contribution is 8.06. The second-order valence-corrected chi connectivity index (χ2v) is 7.22. The quantitative estimate of drug-likeness (QED) is 0.369. The number of nitrogens with zero attached hydrogens (tertiary/aromatic N) is 2. The molecule has 1 aliphatic heterocycles. The normalized spacial score (nSPS) is 17.5. The third-order valence-electron chi connectivity index (χ3n) is 3.85. The zero-order valence-electron chi connectivity index (χ0n) is 12.3. The molecule has 1 heterocycles. The summed E-state index contributed by atoms with van der Waals surface area (Å²) in [5, 5.41) is 12.4. The summed E-state index contributed by atoms with van der Waals surface area (Å²) in [6.45, 7) is 2.43. The number of benzene rings is 1. The van der Waals surface area contributed by atoms with Crippen molar-refractivity contribution in [3.63, 3.8) is 0 Å². The van der Waals surface area contributed by atoms with Gasteiger partial charge in [0.05, 0.1) is 4.90 Å². The van der Waals surface area contributed by atoms with Crippen LogP contribution in [-0.2, 0) is 9.84 Å². The van der Waals surface area contributed by atoms with Crippen LogP contribution >= 0.6 is 0 Å². The smallest absolute Gasteiger partial charge is 0.407 e. The molecule has 0 bridgehead atoms. The van der Waals surface area contributed by atoms with Gasteiger partial charge in [-0.3, -0.25) is 0 Å². The van der Waals surface area contributed by atoms with E-state index in [4.69, 9.17) is 10.9 Å². The van der Waals surface area contributed by atoms with E-state index in [-0.39, 0.29) is 28.9 Å². The molecular weight excluding hydrogens is 306 g/mol. The van der Waals surface area contributed by atoms with Gasteiger partial charge in [-0.2, -0.15) is 5.10 Å². The van der Waals surface area contributed by atoms with Crippen LogP contribution in [-0.4, -0.2) is 42.7 Å². The van der Waals surface area contributed by atoms with E-state index in [1.54, 1.807) is 12.1 Å². The average Bonchev–Trinajstić information content (AvgIpc) is 2.48. The summed E-state index contributed by atoms with van der Waals surface area (Å²) in [6.07, 6.45) is -0.202. The van der Waals surface area contributed by atoms with Gasteiger partial charge in [0, 0.05) is 19.0 Å². The van der Waals surface area contributed by atoms with Crippen molar-refractivity contribution in [2.75, 3.05) is 13.1 Å². The molecule has 0 saturated carbocycles. The Labute approximate surface area is 129 Å². The number of piperidine rings is 1. The fourth-order valence-corrected chi connectivity index (χ4v) is 4.10. The molecule has 22 heavy (non-hydrogen) atoms. The van der Waals surface area contributed by atoms with Crippen molar-refractivity contribution in [2.45, 2.75) is 24.7 Å². The highest BCUT2D eigenvalue weighted by atomic mass is 32.2. The number of carbonyl (C=O) groups is 1. The summed E-state index contributed by atoms with van der Waals surface area (Å²) in [5.74, 6) is 4.98. The molecule has 3 N–H and O–H groups in total. The lowest BCUT2D eigenvalue weighted by molar-refractivity contribution is 0.131. The average molecular weight is 325 g/mol. The molecule has 0 radical (unpaired) electrons. The van der Waals surface area contributed by atoms with E-state index in [0.717, 1.165) is 5.56 Å². The summed E-state index contributed by atoms with van der Waals surface area (Å²) >= 11 is 0. The van der Waals surface area contributed by atoms with Crippen LogP contribution in [0.2, 0.25) is 0 Å². The predicted molar refractivity (Wildman–Crippen MR) is 82.3 cm³/mol. The standard InChI is InChI=1S/C14H19N3O4S/c1-10-2-4-12(5-3-10)22(20,21)13(16-15)11-6-8-17(9-7-11)14(18)19/h2-5,11H,6-9,15H2,1H3,(H,18,19)/b16-13+. The van der Waals surface area contributed by atoms with Gasteiger partial charge in [0.25, 0.3) is 0 Å². The molecule has 0 spiro atoms. The maximum atomic E-state index is 12.6. The van der Waals surface area contributed by atoms with Crippen LogP contribution in [0.25, 0.3) is 0 Å². The molecular formula is C14H19N3O4S. The first-order valence-corrected chi connectivity index (χ1v) is 8.42. The zero-order valence-corrected chi connectivity index (χ0v) is 13.1. The number of aryl methyl sites for hydroxylation is 1. The second-order valence-electron chi connectivity index (χ2n) is 5.33. The molecule has 1 amide bonds. The number of likely N-dealkylation sites (tertiary alicyclic amines) is 1. The van der Waals surface area contributed by atoms with Crippen LogP contribution in [0.15, 0.2) is 34.3 Å². The predicted octanol–water partition coefficient (Wildman–Crippen LogP) is 1.43. The van der Waals surface area contributed by atoms with Gasteiger partial charge in [-0.15, -0.1) is 0 Å². The van der Waals surface area contributed by atoms with Crippen molar-refractivity contribution in [2.24, 2.45) is 16.9 Å². The van der Waals surface area contributed by atoms with Gasteiger partial charge in [-0.05, 0) is 31.9 Å². The van der Waals surface area contributed by atoms with Crippen molar-refractivity contribution in [3.8, 4) is 0 Å². The van der Waals surface area contributed by atoms with Crippen molar-refractivity contribution in [3.05, 3.63) is 29.8 Å². The number of nitrogens with two attached hydrogens (primary N) is 1. The summed E-state index contributed by atoms with van der Waals surface area (Å²) in [4.78, 5) is 12.3. The van der Waals surface area contributed by atoms with E-state index in [0.29, 0.717) is 12.8 Å². The Kier molecular flexibility index (Phi) is 4.70. The van der Waals surface area contributed by atoms with Crippen molar-refractivity contribution in [1.29, 1.82) is 0 Å². The number of hydrogen-bond donors (Lipinski definition) is 2. The molecule has 1 aromatic rings. The fraction of sp³-hybridized carbons (Fsp3) is 0.429. The maximum Gasteiger partial charge on any atom is 0.407 e. The highest BCUT2D eigenvalue weighted by Crippen LogP contribution is 2.25. The molecule has 0 unspecified atom stereocenters. The number of rotatable bonds is 2. The van der Waals surface area contributed by atoms with Crippen LogP contribution < -0.4 is 5.84 Å². The molecule has 1 fully saturated rings.